The monoisotopic (exact) mass is 512 g/mol. The van der Waals surface area contributed by atoms with E-state index in [4.69, 9.17) is 0 Å². The Balaban J connectivity index is 1.55. The van der Waals surface area contributed by atoms with E-state index in [1.54, 1.807) is 0 Å². The van der Waals surface area contributed by atoms with Gasteiger partial charge in [-0.05, 0) is 61.1 Å². The van der Waals surface area contributed by atoms with Crippen molar-refractivity contribution in [2.75, 3.05) is 12.8 Å². The van der Waals surface area contributed by atoms with Gasteiger partial charge < -0.3 is 10.2 Å². The Morgan fingerprint density at radius 2 is 1.71 bits per heavy atom. The molecule has 6 nitrogen and oxygen atoms in total. The van der Waals surface area contributed by atoms with E-state index in [1.807, 2.05) is 0 Å². The third-order valence-electron chi connectivity index (χ3n) is 6.35. The Hall–Kier alpha value is -2.95. The Kier molecular flexibility index (Phi) is 6.65. The molecule has 188 valence electrons. The van der Waals surface area contributed by atoms with Crippen LogP contribution in [0.2, 0.25) is 0 Å². The largest absolute Gasteiger partial charge is 0.416 e. The van der Waals surface area contributed by atoms with Crippen LogP contribution < -0.4 is 5.32 Å². The van der Waals surface area contributed by atoms with Gasteiger partial charge in [-0.3, -0.25) is 9.59 Å². The summed E-state index contributed by atoms with van der Waals surface area (Å²) in [6, 6.07) is 7.76. The highest BCUT2D eigenvalue weighted by Crippen LogP contribution is 2.42. The maximum Gasteiger partial charge on any atom is 0.416 e. The molecule has 35 heavy (non-hydrogen) atoms. The van der Waals surface area contributed by atoms with Gasteiger partial charge in [-0.25, -0.2) is 12.8 Å². The average molecular weight is 513 g/mol. The van der Waals surface area contributed by atoms with E-state index in [1.165, 1.54) is 36.4 Å². The van der Waals surface area contributed by atoms with E-state index in [9.17, 15) is 35.6 Å². The van der Waals surface area contributed by atoms with Crippen LogP contribution in [-0.4, -0.2) is 50.1 Å². The van der Waals surface area contributed by atoms with Gasteiger partial charge in [0.1, 0.15) is 12.2 Å². The molecular weight excluding hydrogens is 488 g/mol. The van der Waals surface area contributed by atoms with Crippen molar-refractivity contribution < 1.29 is 35.6 Å². The highest BCUT2D eigenvalue weighted by molar-refractivity contribution is 7.90. The van der Waals surface area contributed by atoms with Gasteiger partial charge in [0, 0.05) is 18.4 Å². The first-order valence-corrected chi connectivity index (χ1v) is 13.0. The minimum absolute atomic E-state index is 0.00532. The summed E-state index contributed by atoms with van der Waals surface area (Å²) in [5, 5.41) is 2.75. The lowest BCUT2D eigenvalue weighted by Gasteiger charge is -2.28. The van der Waals surface area contributed by atoms with Gasteiger partial charge in [0.25, 0.3) is 5.91 Å². The number of carbonyl (C=O) groups excluding carboxylic acids is 2. The average Bonchev–Trinajstić information content (AvgIpc) is 3.57. The maximum absolute atomic E-state index is 14.8. The van der Waals surface area contributed by atoms with Gasteiger partial charge in [0.05, 0.1) is 16.5 Å². The lowest BCUT2D eigenvalue weighted by molar-refractivity contribution is -0.137. The minimum Gasteiger partial charge on any atom is -0.347 e. The summed E-state index contributed by atoms with van der Waals surface area (Å²) >= 11 is 0. The highest BCUT2D eigenvalue weighted by Gasteiger charge is 2.44. The van der Waals surface area contributed by atoms with Crippen molar-refractivity contribution in [3.8, 4) is 0 Å². The molecule has 1 saturated heterocycles. The van der Waals surface area contributed by atoms with Gasteiger partial charge in [-0.15, -0.1) is 0 Å². The summed E-state index contributed by atoms with van der Waals surface area (Å²) < 4.78 is 77.2. The molecule has 0 spiro atoms. The summed E-state index contributed by atoms with van der Waals surface area (Å²) in [5.74, 6) is -1.40. The molecule has 0 radical (unpaired) electrons. The van der Waals surface area contributed by atoms with Crippen LogP contribution in [0.25, 0.3) is 0 Å². The molecule has 1 heterocycles. The summed E-state index contributed by atoms with van der Waals surface area (Å²) in [6.07, 6.45) is -3.67. The first-order chi connectivity index (χ1) is 16.4. The number of nitrogens with one attached hydrogen (secondary N) is 1. The molecule has 1 aliphatic carbocycles. The zero-order valence-electron chi connectivity index (χ0n) is 18.8. The number of hydrogen-bond donors (Lipinski definition) is 1. The summed E-state index contributed by atoms with van der Waals surface area (Å²) in [6.45, 7) is -0.0322. The molecular formula is C24H24F4N2O4S. The van der Waals surface area contributed by atoms with Crippen molar-refractivity contribution in [1.29, 1.82) is 0 Å². The molecule has 2 fully saturated rings. The molecule has 2 amide bonds. The van der Waals surface area contributed by atoms with Crippen molar-refractivity contribution >= 4 is 21.7 Å². The second kappa shape index (κ2) is 9.25. The minimum atomic E-state index is -4.49. The number of rotatable bonds is 6. The standard InChI is InChI=1S/C24H24F4N2O4S/c1-35(33,34)18-4-2-3-16(13-18)23(32)30-12-11-19(25)21(30)22(31)29-20(14-5-6-14)15-7-9-17(10-8-15)24(26,27)28/h2-4,7-10,13-14,19-21H,5-6,11-12H2,1H3,(H,29,31)/t19-,20?,21-/m1/s1. The topological polar surface area (TPSA) is 83.6 Å². The second-order valence-electron chi connectivity index (χ2n) is 8.99. The molecule has 0 aromatic heterocycles. The molecule has 1 saturated carbocycles. The lowest BCUT2D eigenvalue weighted by atomic mass is 9.99. The van der Waals surface area contributed by atoms with Gasteiger partial charge in [-0.1, -0.05) is 18.2 Å². The van der Waals surface area contributed by atoms with E-state index in [0.29, 0.717) is 5.56 Å². The molecule has 0 bridgehead atoms. The van der Waals surface area contributed by atoms with Crippen LogP contribution in [0.3, 0.4) is 0 Å². The van der Waals surface area contributed by atoms with Crippen LogP contribution in [0, 0.1) is 5.92 Å². The van der Waals surface area contributed by atoms with Crippen molar-refractivity contribution in [3.63, 3.8) is 0 Å². The van der Waals surface area contributed by atoms with E-state index < -0.39 is 51.6 Å². The van der Waals surface area contributed by atoms with Crippen molar-refractivity contribution in [1.82, 2.24) is 10.2 Å². The predicted octanol–water partition coefficient (Wildman–Crippen LogP) is 3.93. The molecule has 2 aliphatic rings. The Morgan fingerprint density at radius 1 is 1.06 bits per heavy atom. The highest BCUT2D eigenvalue weighted by atomic mass is 32.2. The molecule has 4 rings (SSSR count). The van der Waals surface area contributed by atoms with Crippen LogP contribution in [0.1, 0.15) is 46.8 Å². The molecule has 1 N–H and O–H groups in total. The number of halogens is 4. The van der Waals surface area contributed by atoms with Crippen LogP contribution in [0.4, 0.5) is 17.6 Å². The number of benzene rings is 2. The quantitative estimate of drug-likeness (QED) is 0.595. The van der Waals surface area contributed by atoms with Crippen LogP contribution in [0.5, 0.6) is 0 Å². The van der Waals surface area contributed by atoms with E-state index >= 15 is 0 Å². The fourth-order valence-corrected chi connectivity index (χ4v) is 5.00. The first-order valence-electron chi connectivity index (χ1n) is 11.1. The zero-order chi connectivity index (χ0) is 25.5. The van der Waals surface area contributed by atoms with Crippen LogP contribution in [0.15, 0.2) is 53.4 Å². The SMILES string of the molecule is CS(=O)(=O)c1cccc(C(=O)N2CC[C@@H](F)[C@@H]2C(=O)NC(c2ccc(C(F)(F)F)cc2)C2CC2)c1. The van der Waals surface area contributed by atoms with Crippen LogP contribution >= 0.6 is 0 Å². The zero-order valence-corrected chi connectivity index (χ0v) is 19.6. The number of carbonyl (C=O) groups is 2. The molecule has 2 aromatic carbocycles. The number of sulfone groups is 1. The van der Waals surface area contributed by atoms with E-state index in [0.717, 1.165) is 36.1 Å². The number of hydrogen-bond acceptors (Lipinski definition) is 4. The van der Waals surface area contributed by atoms with Gasteiger partial charge in [0.15, 0.2) is 9.84 Å². The molecule has 11 heteroatoms. The normalized spacial score (nSPS) is 21.6. The van der Waals surface area contributed by atoms with Gasteiger partial charge in [0.2, 0.25) is 5.91 Å². The predicted molar refractivity (Wildman–Crippen MR) is 119 cm³/mol. The number of amides is 2. The summed E-state index contributed by atoms with van der Waals surface area (Å²) in [7, 11) is -3.58. The third-order valence-corrected chi connectivity index (χ3v) is 7.46. The summed E-state index contributed by atoms with van der Waals surface area (Å²) in [4.78, 5) is 27.3. The molecule has 1 unspecified atom stereocenters. The molecule has 3 atom stereocenters. The number of alkyl halides is 4. The van der Waals surface area contributed by atoms with Crippen molar-refractivity contribution in [2.24, 2.45) is 5.92 Å². The summed E-state index contributed by atoms with van der Waals surface area (Å²) in [5.41, 5.74) is -0.322. The fourth-order valence-electron chi connectivity index (χ4n) is 4.33. The van der Waals surface area contributed by atoms with E-state index in [2.05, 4.69) is 5.32 Å². The van der Waals surface area contributed by atoms with Gasteiger partial charge in [-0.2, -0.15) is 13.2 Å². The third kappa shape index (κ3) is 5.50. The fraction of sp³-hybridized carbons (Fsp3) is 0.417. The molecule has 2 aromatic rings. The van der Waals surface area contributed by atoms with Gasteiger partial charge >= 0.3 is 6.18 Å². The van der Waals surface area contributed by atoms with Crippen molar-refractivity contribution in [3.05, 3.63) is 65.2 Å². The van der Waals surface area contributed by atoms with Crippen LogP contribution in [-0.2, 0) is 20.8 Å². The molecule has 1 aliphatic heterocycles. The second-order valence-corrected chi connectivity index (χ2v) is 11.0. The Bertz CT molecular complexity index is 1230. The smallest absolute Gasteiger partial charge is 0.347 e. The number of likely N-dealkylation sites (tertiary alicyclic amines) is 1. The van der Waals surface area contributed by atoms with E-state index in [-0.39, 0.29) is 29.3 Å². The van der Waals surface area contributed by atoms with Crippen molar-refractivity contribution in [2.45, 2.75) is 48.6 Å². The number of nitrogens with zero attached hydrogens (tertiary/aromatic N) is 1. The lowest BCUT2D eigenvalue weighted by Crippen LogP contribution is -2.50. The maximum atomic E-state index is 14.8. The Morgan fingerprint density at radius 3 is 2.29 bits per heavy atom. The Labute approximate surface area is 200 Å². The first kappa shape index (κ1) is 25.2.